The van der Waals surface area contributed by atoms with Crippen molar-refractivity contribution in [2.75, 3.05) is 6.61 Å². The summed E-state index contributed by atoms with van der Waals surface area (Å²) >= 11 is 0. The summed E-state index contributed by atoms with van der Waals surface area (Å²) < 4.78 is 5.93. The van der Waals surface area contributed by atoms with Gasteiger partial charge in [0, 0.05) is 0 Å². The van der Waals surface area contributed by atoms with Gasteiger partial charge in [0.2, 0.25) is 0 Å². The van der Waals surface area contributed by atoms with Crippen molar-refractivity contribution in [3.05, 3.63) is 24.5 Å². The normalized spacial score (nSPS) is 10.8. The first-order valence-electron chi connectivity index (χ1n) is 5.54. The number of aromatic nitrogens is 3. The zero-order valence-corrected chi connectivity index (χ0v) is 10.8. The highest BCUT2D eigenvalue weighted by Crippen LogP contribution is 2.13. The molecule has 0 bridgehead atoms. The molecule has 8 heteroatoms. The van der Waals surface area contributed by atoms with Crippen molar-refractivity contribution in [2.45, 2.75) is 25.9 Å². The molecule has 0 saturated carbocycles. The molecule has 0 aliphatic rings. The van der Waals surface area contributed by atoms with E-state index in [-0.39, 0.29) is 13.2 Å². The van der Waals surface area contributed by atoms with E-state index < -0.39 is 17.6 Å². The van der Waals surface area contributed by atoms with Crippen molar-refractivity contribution in [3.8, 4) is 0 Å². The summed E-state index contributed by atoms with van der Waals surface area (Å²) in [5.74, 6) is -1.03. The van der Waals surface area contributed by atoms with Crippen molar-refractivity contribution in [1.82, 2.24) is 20.3 Å². The number of carboxylic acid groups (broad SMARTS) is 1. The van der Waals surface area contributed by atoms with Gasteiger partial charge in [-0.05, 0) is 13.8 Å². The van der Waals surface area contributed by atoms with Crippen molar-refractivity contribution in [3.63, 3.8) is 0 Å². The summed E-state index contributed by atoms with van der Waals surface area (Å²) in [6.07, 6.45) is 2.31. The van der Waals surface area contributed by atoms with Gasteiger partial charge in [0.1, 0.15) is 12.3 Å². The predicted octanol–water partition coefficient (Wildman–Crippen LogP) is 0.510. The number of nitrogens with zero attached hydrogens (tertiary/aromatic N) is 3. The Kier molecular flexibility index (Phi) is 4.62. The van der Waals surface area contributed by atoms with E-state index in [2.05, 4.69) is 22.2 Å². The summed E-state index contributed by atoms with van der Waals surface area (Å²) in [7, 11) is 0. The molecule has 1 rings (SSSR count). The van der Waals surface area contributed by atoms with Gasteiger partial charge in [-0.25, -0.2) is 14.3 Å². The molecule has 8 nitrogen and oxygen atoms in total. The van der Waals surface area contributed by atoms with Crippen molar-refractivity contribution >= 4 is 12.1 Å². The number of rotatable bonds is 6. The number of nitrogens with one attached hydrogen (secondary N) is 1. The Morgan fingerprint density at radius 1 is 1.63 bits per heavy atom. The third-order valence-electron chi connectivity index (χ3n) is 2.38. The maximum Gasteiger partial charge on any atom is 0.407 e. The Balaban J connectivity index is 2.59. The van der Waals surface area contributed by atoms with Crippen LogP contribution in [0.1, 0.15) is 19.5 Å². The Labute approximate surface area is 110 Å². The number of carbonyl (C=O) groups excluding carboxylic acids is 1. The van der Waals surface area contributed by atoms with E-state index in [1.165, 1.54) is 30.8 Å². The Hall–Kier alpha value is -2.38. The third-order valence-corrected chi connectivity index (χ3v) is 2.38. The number of amides is 1. The average molecular weight is 268 g/mol. The van der Waals surface area contributed by atoms with E-state index in [9.17, 15) is 9.59 Å². The molecule has 2 N–H and O–H groups in total. The first-order chi connectivity index (χ1) is 8.87. The van der Waals surface area contributed by atoms with Crippen molar-refractivity contribution in [1.29, 1.82) is 0 Å². The second-order valence-electron chi connectivity index (χ2n) is 4.26. The molecule has 0 aliphatic carbocycles. The second kappa shape index (κ2) is 5.98. The van der Waals surface area contributed by atoms with Crippen LogP contribution < -0.4 is 5.32 Å². The molecule has 0 aromatic carbocycles. The van der Waals surface area contributed by atoms with Gasteiger partial charge in [-0.15, -0.1) is 5.10 Å². The molecule has 1 heterocycles. The number of ether oxygens (including phenoxy) is 1. The largest absolute Gasteiger partial charge is 0.479 e. The van der Waals surface area contributed by atoms with Crippen LogP contribution in [0.2, 0.25) is 0 Å². The zero-order chi connectivity index (χ0) is 14.5. The molecule has 0 aliphatic heterocycles. The maximum absolute atomic E-state index is 11.2. The Bertz CT molecular complexity index is 481. The van der Waals surface area contributed by atoms with Crippen LogP contribution in [0, 0.1) is 0 Å². The molecule has 0 saturated heterocycles. The zero-order valence-electron chi connectivity index (χ0n) is 10.8. The maximum atomic E-state index is 11.2. The summed E-state index contributed by atoms with van der Waals surface area (Å²) in [5, 5.41) is 19.0. The SMILES string of the molecule is C=CCOC(=O)NCc1cn(C(C)(C)C(=O)O)nn1. The lowest BCUT2D eigenvalue weighted by Gasteiger charge is -2.18. The van der Waals surface area contributed by atoms with Crippen LogP contribution in [-0.2, 0) is 21.6 Å². The lowest BCUT2D eigenvalue weighted by molar-refractivity contribution is -0.146. The summed E-state index contributed by atoms with van der Waals surface area (Å²) in [6, 6.07) is 0. The fourth-order valence-electron chi connectivity index (χ4n) is 1.10. The molecule has 1 amide bonds. The molecule has 0 atom stereocenters. The summed E-state index contributed by atoms with van der Waals surface area (Å²) in [6.45, 7) is 6.63. The molecule has 0 radical (unpaired) electrons. The highest BCUT2D eigenvalue weighted by atomic mass is 16.5. The number of aliphatic carboxylic acids is 1. The first kappa shape index (κ1) is 14.7. The van der Waals surface area contributed by atoms with E-state index in [1.54, 1.807) is 0 Å². The van der Waals surface area contributed by atoms with E-state index >= 15 is 0 Å². The van der Waals surface area contributed by atoms with Crippen LogP contribution in [-0.4, -0.2) is 38.8 Å². The van der Waals surface area contributed by atoms with Gasteiger partial charge < -0.3 is 15.2 Å². The minimum atomic E-state index is -1.20. The van der Waals surface area contributed by atoms with Crippen LogP contribution in [0.4, 0.5) is 4.79 Å². The van der Waals surface area contributed by atoms with Crippen LogP contribution in [0.15, 0.2) is 18.9 Å². The predicted molar refractivity (Wildman–Crippen MR) is 65.4 cm³/mol. The molecular weight excluding hydrogens is 252 g/mol. The first-order valence-corrected chi connectivity index (χ1v) is 5.54. The minimum Gasteiger partial charge on any atom is -0.479 e. The van der Waals surface area contributed by atoms with Crippen LogP contribution in [0.5, 0.6) is 0 Å². The lowest BCUT2D eigenvalue weighted by Crippen LogP contribution is -2.36. The molecule has 19 heavy (non-hydrogen) atoms. The van der Waals surface area contributed by atoms with Gasteiger partial charge in [-0.1, -0.05) is 17.9 Å². The van der Waals surface area contributed by atoms with Crippen LogP contribution >= 0.6 is 0 Å². The fraction of sp³-hybridized carbons (Fsp3) is 0.455. The summed E-state index contributed by atoms with van der Waals surface area (Å²) in [4.78, 5) is 22.2. The highest BCUT2D eigenvalue weighted by molar-refractivity contribution is 5.75. The van der Waals surface area contributed by atoms with E-state index in [1.807, 2.05) is 0 Å². The standard InChI is InChI=1S/C11H16N4O4/c1-4-5-19-10(18)12-6-8-7-15(14-13-8)11(2,3)9(16)17/h4,7H,1,5-6H2,2-3H3,(H,12,18)(H,16,17). The molecule has 104 valence electrons. The minimum absolute atomic E-state index is 0.103. The Morgan fingerprint density at radius 2 is 2.32 bits per heavy atom. The molecule has 0 fully saturated rings. The fourth-order valence-corrected chi connectivity index (χ4v) is 1.10. The van der Waals surface area contributed by atoms with Gasteiger partial charge in [-0.3, -0.25) is 0 Å². The summed E-state index contributed by atoms with van der Waals surface area (Å²) in [5.41, 5.74) is -0.765. The van der Waals surface area contributed by atoms with Gasteiger partial charge in [-0.2, -0.15) is 0 Å². The third kappa shape index (κ3) is 3.80. The second-order valence-corrected chi connectivity index (χ2v) is 4.26. The lowest BCUT2D eigenvalue weighted by atomic mass is 10.1. The Morgan fingerprint density at radius 3 is 2.89 bits per heavy atom. The van der Waals surface area contributed by atoms with Gasteiger partial charge in [0.15, 0.2) is 5.54 Å². The number of hydrogen-bond donors (Lipinski definition) is 2. The number of hydrogen-bond acceptors (Lipinski definition) is 5. The van der Waals surface area contributed by atoms with E-state index in [4.69, 9.17) is 9.84 Å². The van der Waals surface area contributed by atoms with Crippen molar-refractivity contribution in [2.24, 2.45) is 0 Å². The average Bonchev–Trinajstić information content (AvgIpc) is 2.83. The van der Waals surface area contributed by atoms with Crippen LogP contribution in [0.3, 0.4) is 0 Å². The highest BCUT2D eigenvalue weighted by Gasteiger charge is 2.30. The molecule has 1 aromatic heterocycles. The van der Waals surface area contributed by atoms with E-state index in [0.717, 1.165) is 0 Å². The number of carboxylic acids is 1. The molecule has 0 spiro atoms. The van der Waals surface area contributed by atoms with Gasteiger partial charge in [0.25, 0.3) is 0 Å². The monoisotopic (exact) mass is 268 g/mol. The smallest absolute Gasteiger partial charge is 0.407 e. The van der Waals surface area contributed by atoms with E-state index in [0.29, 0.717) is 5.69 Å². The quantitative estimate of drug-likeness (QED) is 0.728. The van der Waals surface area contributed by atoms with Gasteiger partial charge in [0.05, 0.1) is 12.7 Å². The molecular formula is C11H16N4O4. The number of alkyl carbamates (subject to hydrolysis) is 1. The molecule has 0 unspecified atom stereocenters. The van der Waals surface area contributed by atoms with Crippen molar-refractivity contribution < 1.29 is 19.4 Å². The topological polar surface area (TPSA) is 106 Å². The van der Waals surface area contributed by atoms with Gasteiger partial charge >= 0.3 is 12.1 Å². The number of carbonyl (C=O) groups is 2. The van der Waals surface area contributed by atoms with Crippen LogP contribution in [0.25, 0.3) is 0 Å². The molecule has 1 aromatic rings.